The van der Waals surface area contributed by atoms with Crippen molar-refractivity contribution in [2.24, 2.45) is 0 Å². The van der Waals surface area contributed by atoms with Crippen LogP contribution in [0.3, 0.4) is 0 Å². The number of unbranched alkanes of at least 4 members (excludes halogenated alkanes) is 1. The minimum absolute atomic E-state index is 0.0367. The van der Waals surface area contributed by atoms with Gasteiger partial charge in [-0.15, -0.1) is 0 Å². The highest BCUT2D eigenvalue weighted by molar-refractivity contribution is 9.10. The molecule has 1 atom stereocenters. The van der Waals surface area contributed by atoms with Crippen molar-refractivity contribution in [2.75, 3.05) is 5.32 Å². The lowest BCUT2D eigenvalue weighted by molar-refractivity contribution is -0.115. The van der Waals surface area contributed by atoms with Gasteiger partial charge in [-0.3, -0.25) is 4.79 Å². The van der Waals surface area contributed by atoms with Gasteiger partial charge in [0.1, 0.15) is 0 Å². The molecule has 0 heterocycles. The third-order valence-corrected chi connectivity index (χ3v) is 3.01. The van der Waals surface area contributed by atoms with Crippen molar-refractivity contribution >= 4 is 27.5 Å². The summed E-state index contributed by atoms with van der Waals surface area (Å²) in [6, 6.07) is 9.52. The van der Waals surface area contributed by atoms with Crippen LogP contribution in [0.25, 0.3) is 0 Å². The lowest BCUT2D eigenvalue weighted by Crippen LogP contribution is -2.22. The summed E-state index contributed by atoms with van der Waals surface area (Å²) in [6.07, 6.45) is 3.06. The molecule has 0 aliphatic heterocycles. The molecular formula is C12H16BrNO. The number of amides is 1. The van der Waals surface area contributed by atoms with E-state index in [1.54, 1.807) is 0 Å². The van der Waals surface area contributed by atoms with Crippen LogP contribution in [-0.4, -0.2) is 10.7 Å². The van der Waals surface area contributed by atoms with Crippen LogP contribution in [0.15, 0.2) is 30.3 Å². The topological polar surface area (TPSA) is 29.1 Å². The number of rotatable bonds is 5. The molecule has 0 aliphatic carbocycles. The quantitative estimate of drug-likeness (QED) is 0.814. The zero-order valence-corrected chi connectivity index (χ0v) is 10.5. The Balaban J connectivity index is 2.42. The van der Waals surface area contributed by atoms with Crippen LogP contribution in [0.1, 0.15) is 26.2 Å². The zero-order valence-electron chi connectivity index (χ0n) is 8.87. The maximum Gasteiger partial charge on any atom is 0.238 e. The Morgan fingerprint density at radius 1 is 1.40 bits per heavy atom. The molecule has 0 aromatic heterocycles. The highest BCUT2D eigenvalue weighted by Crippen LogP contribution is 2.13. The lowest BCUT2D eigenvalue weighted by Gasteiger charge is -2.09. The second-order valence-electron chi connectivity index (χ2n) is 3.47. The van der Waals surface area contributed by atoms with Gasteiger partial charge in [-0.1, -0.05) is 53.9 Å². The number of hydrogen-bond acceptors (Lipinski definition) is 1. The molecule has 1 aromatic rings. The number of para-hydroxylation sites is 1. The van der Waals surface area contributed by atoms with Crippen LogP contribution in [0, 0.1) is 0 Å². The number of benzene rings is 1. The monoisotopic (exact) mass is 269 g/mol. The average molecular weight is 270 g/mol. The van der Waals surface area contributed by atoms with Gasteiger partial charge in [-0.2, -0.15) is 0 Å². The van der Waals surface area contributed by atoms with Gasteiger partial charge in [0.25, 0.3) is 0 Å². The molecule has 1 unspecified atom stereocenters. The lowest BCUT2D eigenvalue weighted by atomic mass is 10.2. The Labute approximate surface area is 99.2 Å². The Hall–Kier alpha value is -0.830. The van der Waals surface area contributed by atoms with Crippen LogP contribution in [0.2, 0.25) is 0 Å². The van der Waals surface area contributed by atoms with Gasteiger partial charge in [0.05, 0.1) is 4.83 Å². The number of alkyl halides is 1. The van der Waals surface area contributed by atoms with Gasteiger partial charge in [0, 0.05) is 5.69 Å². The predicted octanol–water partition coefficient (Wildman–Crippen LogP) is 3.58. The van der Waals surface area contributed by atoms with Gasteiger partial charge in [-0.05, 0) is 18.6 Å². The molecule has 0 radical (unpaired) electrons. The molecule has 0 spiro atoms. The predicted molar refractivity (Wildman–Crippen MR) is 67.3 cm³/mol. The Bertz CT molecular complexity index is 300. The third kappa shape index (κ3) is 4.47. The van der Waals surface area contributed by atoms with E-state index in [-0.39, 0.29) is 10.7 Å². The summed E-state index contributed by atoms with van der Waals surface area (Å²) in [7, 11) is 0. The summed E-state index contributed by atoms with van der Waals surface area (Å²) < 4.78 is 0. The first-order chi connectivity index (χ1) is 7.24. The smallest absolute Gasteiger partial charge is 0.238 e. The molecule has 82 valence electrons. The second kappa shape index (κ2) is 6.62. The first-order valence-electron chi connectivity index (χ1n) is 5.24. The zero-order chi connectivity index (χ0) is 11.1. The first kappa shape index (κ1) is 12.2. The van der Waals surface area contributed by atoms with Crippen LogP contribution in [0.4, 0.5) is 5.69 Å². The maximum atomic E-state index is 11.7. The van der Waals surface area contributed by atoms with Crippen molar-refractivity contribution in [1.82, 2.24) is 0 Å². The molecule has 1 rings (SSSR count). The summed E-state index contributed by atoms with van der Waals surface area (Å²) in [5.41, 5.74) is 0.850. The number of carbonyl (C=O) groups excluding carboxylic acids is 1. The SMILES string of the molecule is CCCCC(Br)C(=O)Nc1ccccc1. The van der Waals surface area contributed by atoms with Gasteiger partial charge in [0.2, 0.25) is 5.91 Å². The van der Waals surface area contributed by atoms with Crippen molar-refractivity contribution in [2.45, 2.75) is 31.0 Å². The largest absolute Gasteiger partial charge is 0.325 e. The van der Waals surface area contributed by atoms with Crippen molar-refractivity contribution in [3.05, 3.63) is 30.3 Å². The number of halogens is 1. The van der Waals surface area contributed by atoms with E-state index in [0.29, 0.717) is 0 Å². The van der Waals surface area contributed by atoms with E-state index in [1.165, 1.54) is 0 Å². The first-order valence-corrected chi connectivity index (χ1v) is 6.15. The normalized spacial score (nSPS) is 12.1. The van der Waals surface area contributed by atoms with Crippen molar-refractivity contribution < 1.29 is 4.79 Å². The van der Waals surface area contributed by atoms with Crippen molar-refractivity contribution in [1.29, 1.82) is 0 Å². The molecule has 0 saturated carbocycles. The number of anilines is 1. The van der Waals surface area contributed by atoms with E-state index >= 15 is 0 Å². The van der Waals surface area contributed by atoms with Gasteiger partial charge in [0.15, 0.2) is 0 Å². The number of carbonyl (C=O) groups is 1. The summed E-state index contributed by atoms with van der Waals surface area (Å²) in [4.78, 5) is 11.6. The fourth-order valence-corrected chi connectivity index (χ4v) is 1.69. The van der Waals surface area contributed by atoms with E-state index in [1.807, 2.05) is 30.3 Å². The average Bonchev–Trinajstić information content (AvgIpc) is 2.27. The summed E-state index contributed by atoms with van der Waals surface area (Å²) in [5.74, 6) is 0.0367. The van der Waals surface area contributed by atoms with E-state index in [0.717, 1.165) is 24.9 Å². The highest BCUT2D eigenvalue weighted by atomic mass is 79.9. The van der Waals surface area contributed by atoms with E-state index in [2.05, 4.69) is 28.2 Å². The maximum absolute atomic E-state index is 11.7. The Kier molecular flexibility index (Phi) is 5.40. The standard InChI is InChI=1S/C12H16BrNO/c1-2-3-9-11(13)12(15)14-10-7-5-4-6-8-10/h4-8,11H,2-3,9H2,1H3,(H,14,15). The minimum Gasteiger partial charge on any atom is -0.325 e. The van der Waals surface area contributed by atoms with E-state index in [4.69, 9.17) is 0 Å². The van der Waals surface area contributed by atoms with E-state index in [9.17, 15) is 4.79 Å². The van der Waals surface area contributed by atoms with E-state index < -0.39 is 0 Å². The van der Waals surface area contributed by atoms with Crippen LogP contribution >= 0.6 is 15.9 Å². The summed E-state index contributed by atoms with van der Waals surface area (Å²) >= 11 is 3.39. The molecular weight excluding hydrogens is 254 g/mol. The minimum atomic E-state index is -0.0855. The van der Waals surface area contributed by atoms with Crippen molar-refractivity contribution in [3.8, 4) is 0 Å². The molecule has 2 nitrogen and oxygen atoms in total. The molecule has 0 bridgehead atoms. The summed E-state index contributed by atoms with van der Waals surface area (Å²) in [5, 5.41) is 2.86. The Morgan fingerprint density at radius 3 is 2.67 bits per heavy atom. The molecule has 1 N–H and O–H groups in total. The fraction of sp³-hybridized carbons (Fsp3) is 0.417. The molecule has 0 saturated heterocycles. The summed E-state index contributed by atoms with van der Waals surface area (Å²) in [6.45, 7) is 2.12. The van der Waals surface area contributed by atoms with Gasteiger partial charge < -0.3 is 5.32 Å². The molecule has 0 fully saturated rings. The molecule has 3 heteroatoms. The second-order valence-corrected chi connectivity index (χ2v) is 4.57. The third-order valence-electron chi connectivity index (χ3n) is 2.14. The van der Waals surface area contributed by atoms with Gasteiger partial charge >= 0.3 is 0 Å². The highest BCUT2D eigenvalue weighted by Gasteiger charge is 2.13. The molecule has 1 aromatic carbocycles. The molecule has 15 heavy (non-hydrogen) atoms. The Morgan fingerprint density at radius 2 is 2.07 bits per heavy atom. The van der Waals surface area contributed by atoms with Crippen LogP contribution in [-0.2, 0) is 4.79 Å². The van der Waals surface area contributed by atoms with Crippen molar-refractivity contribution in [3.63, 3.8) is 0 Å². The number of hydrogen-bond donors (Lipinski definition) is 1. The fourth-order valence-electron chi connectivity index (χ4n) is 1.26. The molecule has 1 amide bonds. The van der Waals surface area contributed by atoms with Crippen LogP contribution < -0.4 is 5.32 Å². The molecule has 0 aliphatic rings. The number of nitrogens with one attached hydrogen (secondary N) is 1. The van der Waals surface area contributed by atoms with Crippen LogP contribution in [0.5, 0.6) is 0 Å². The van der Waals surface area contributed by atoms with Gasteiger partial charge in [-0.25, -0.2) is 0 Å².